The lowest BCUT2D eigenvalue weighted by atomic mass is 9.78. The number of phenolic OH excluding ortho intramolecular Hbond substituents is 1. The molecule has 0 radical (unpaired) electrons. The van der Waals surface area contributed by atoms with Crippen molar-refractivity contribution in [3.63, 3.8) is 0 Å². The molecule has 6 aromatic carbocycles. The van der Waals surface area contributed by atoms with Crippen LogP contribution in [0.25, 0.3) is 22.3 Å². The van der Waals surface area contributed by atoms with Crippen LogP contribution in [-0.2, 0) is 12.0 Å². The maximum absolute atomic E-state index is 12.8. The lowest BCUT2D eigenvalue weighted by molar-refractivity contribution is 0.0528. The lowest BCUT2D eigenvalue weighted by Crippen LogP contribution is -2.41. The standard InChI is InChI=1S/C42H37NO2/c1-30-18-22-33(23-19-30)35-27-36(41(44)39(28-35)34-24-20-31(2)21-25-34)29-43-40(26-32-12-6-3-7-13-32)42(45,37-14-8-4-9-15-37)38-16-10-5-11-17-38/h3-25,27-29,40,44-45H,26H2,1-2H3/t40-/m0/s1. The number of aliphatic hydroxyl groups is 1. The van der Waals surface area contributed by atoms with Crippen molar-refractivity contribution >= 4 is 6.21 Å². The molecular weight excluding hydrogens is 550 g/mol. The van der Waals surface area contributed by atoms with Gasteiger partial charge in [-0.25, -0.2) is 0 Å². The van der Waals surface area contributed by atoms with E-state index in [1.807, 2.05) is 103 Å². The monoisotopic (exact) mass is 587 g/mol. The number of aromatic hydroxyl groups is 1. The normalized spacial score (nSPS) is 12.3. The van der Waals surface area contributed by atoms with Gasteiger partial charge in [0, 0.05) is 17.3 Å². The van der Waals surface area contributed by atoms with E-state index in [1.165, 1.54) is 5.56 Å². The Morgan fingerprint density at radius 2 is 1.09 bits per heavy atom. The first-order valence-electron chi connectivity index (χ1n) is 15.3. The Hall–Kier alpha value is -5.25. The quantitative estimate of drug-likeness (QED) is 0.166. The van der Waals surface area contributed by atoms with Crippen molar-refractivity contribution in [2.75, 3.05) is 0 Å². The predicted octanol–water partition coefficient (Wildman–Crippen LogP) is 9.31. The highest BCUT2D eigenvalue weighted by Crippen LogP contribution is 2.39. The molecule has 0 heterocycles. The summed E-state index contributed by atoms with van der Waals surface area (Å²) in [6, 6.07) is 49.6. The fourth-order valence-electron chi connectivity index (χ4n) is 5.87. The van der Waals surface area contributed by atoms with E-state index in [2.05, 4.69) is 62.4 Å². The molecule has 0 bridgehead atoms. The molecule has 0 unspecified atom stereocenters. The summed E-state index contributed by atoms with van der Waals surface area (Å²) >= 11 is 0. The van der Waals surface area contributed by atoms with Gasteiger partial charge >= 0.3 is 0 Å². The average molecular weight is 588 g/mol. The van der Waals surface area contributed by atoms with Crippen LogP contribution in [0.3, 0.4) is 0 Å². The van der Waals surface area contributed by atoms with Gasteiger partial charge in [-0.05, 0) is 65.8 Å². The fourth-order valence-corrected chi connectivity index (χ4v) is 5.87. The molecule has 0 aliphatic carbocycles. The molecule has 0 spiro atoms. The second-order valence-electron chi connectivity index (χ2n) is 11.7. The number of rotatable bonds is 9. The second kappa shape index (κ2) is 13.2. The first-order chi connectivity index (χ1) is 21.9. The molecule has 0 saturated carbocycles. The van der Waals surface area contributed by atoms with Gasteiger partial charge in [0.05, 0.1) is 6.04 Å². The van der Waals surface area contributed by atoms with Gasteiger partial charge < -0.3 is 10.2 Å². The Balaban J connectivity index is 1.52. The van der Waals surface area contributed by atoms with Crippen LogP contribution in [0.2, 0.25) is 0 Å². The Morgan fingerprint density at radius 3 is 1.62 bits per heavy atom. The number of nitrogens with zero attached hydrogens (tertiary/aromatic N) is 1. The maximum atomic E-state index is 12.8. The zero-order chi connectivity index (χ0) is 31.2. The molecule has 222 valence electrons. The van der Waals surface area contributed by atoms with Crippen molar-refractivity contribution in [3.05, 3.63) is 185 Å². The highest BCUT2D eigenvalue weighted by atomic mass is 16.3. The Kier molecular flexibility index (Phi) is 8.72. The van der Waals surface area contributed by atoms with Gasteiger partial charge in [0.2, 0.25) is 0 Å². The minimum absolute atomic E-state index is 0.153. The van der Waals surface area contributed by atoms with E-state index in [-0.39, 0.29) is 5.75 Å². The molecule has 0 amide bonds. The third kappa shape index (κ3) is 6.50. The van der Waals surface area contributed by atoms with Gasteiger partial charge in [-0.1, -0.05) is 151 Å². The maximum Gasteiger partial charge on any atom is 0.137 e. The molecule has 0 fully saturated rings. The fraction of sp³-hybridized carbons (Fsp3) is 0.119. The van der Waals surface area contributed by atoms with Crippen LogP contribution >= 0.6 is 0 Å². The van der Waals surface area contributed by atoms with Crippen LogP contribution in [0.15, 0.2) is 157 Å². The minimum Gasteiger partial charge on any atom is -0.507 e. The van der Waals surface area contributed by atoms with E-state index in [4.69, 9.17) is 4.99 Å². The third-order valence-electron chi connectivity index (χ3n) is 8.46. The topological polar surface area (TPSA) is 52.8 Å². The number of aliphatic imine (C=N–C) groups is 1. The molecule has 1 atom stereocenters. The van der Waals surface area contributed by atoms with Gasteiger partial charge in [0.1, 0.15) is 11.4 Å². The summed E-state index contributed by atoms with van der Waals surface area (Å²) in [5.74, 6) is 0.153. The highest BCUT2D eigenvalue weighted by molar-refractivity contribution is 5.92. The number of aryl methyl sites for hydroxylation is 2. The predicted molar refractivity (Wildman–Crippen MR) is 186 cm³/mol. The molecule has 2 N–H and O–H groups in total. The van der Waals surface area contributed by atoms with Crippen LogP contribution in [0.5, 0.6) is 5.75 Å². The first-order valence-corrected chi connectivity index (χ1v) is 15.3. The Bertz CT molecular complexity index is 1840. The van der Waals surface area contributed by atoms with Crippen molar-refractivity contribution in [2.24, 2.45) is 4.99 Å². The summed E-state index contributed by atoms with van der Waals surface area (Å²) in [6.07, 6.45) is 2.22. The van der Waals surface area contributed by atoms with Gasteiger partial charge in [0.25, 0.3) is 0 Å². The van der Waals surface area contributed by atoms with E-state index < -0.39 is 11.6 Å². The summed E-state index contributed by atoms with van der Waals surface area (Å²) in [4.78, 5) is 5.14. The van der Waals surface area contributed by atoms with E-state index in [0.717, 1.165) is 44.5 Å². The van der Waals surface area contributed by atoms with Crippen molar-refractivity contribution in [3.8, 4) is 28.0 Å². The number of hydrogen-bond acceptors (Lipinski definition) is 3. The Labute approximate surface area is 265 Å². The van der Waals surface area contributed by atoms with E-state index in [9.17, 15) is 10.2 Å². The number of phenols is 1. The molecule has 6 aromatic rings. The van der Waals surface area contributed by atoms with E-state index in [0.29, 0.717) is 12.0 Å². The molecule has 0 aromatic heterocycles. The van der Waals surface area contributed by atoms with Gasteiger partial charge in [-0.15, -0.1) is 0 Å². The second-order valence-corrected chi connectivity index (χ2v) is 11.7. The summed E-state index contributed by atoms with van der Waals surface area (Å²) in [7, 11) is 0. The molecule has 0 saturated heterocycles. The smallest absolute Gasteiger partial charge is 0.137 e. The van der Waals surface area contributed by atoms with Crippen LogP contribution in [0.4, 0.5) is 0 Å². The number of benzene rings is 6. The van der Waals surface area contributed by atoms with Crippen LogP contribution in [0, 0.1) is 13.8 Å². The van der Waals surface area contributed by atoms with Gasteiger partial charge in [-0.3, -0.25) is 4.99 Å². The lowest BCUT2D eigenvalue weighted by Gasteiger charge is -2.35. The summed E-state index contributed by atoms with van der Waals surface area (Å²) in [6.45, 7) is 4.13. The van der Waals surface area contributed by atoms with Gasteiger partial charge in [-0.2, -0.15) is 0 Å². The summed E-state index contributed by atoms with van der Waals surface area (Å²) in [5.41, 5.74) is 7.75. The zero-order valence-corrected chi connectivity index (χ0v) is 25.6. The highest BCUT2D eigenvalue weighted by Gasteiger charge is 2.40. The molecule has 6 rings (SSSR count). The first kappa shape index (κ1) is 29.8. The van der Waals surface area contributed by atoms with Crippen LogP contribution < -0.4 is 0 Å². The summed E-state index contributed by atoms with van der Waals surface area (Å²) in [5, 5.41) is 24.5. The molecule has 0 aliphatic rings. The average Bonchev–Trinajstić information content (AvgIpc) is 3.09. The van der Waals surface area contributed by atoms with Crippen LogP contribution in [-0.4, -0.2) is 22.5 Å². The van der Waals surface area contributed by atoms with Crippen molar-refractivity contribution in [1.82, 2.24) is 0 Å². The third-order valence-corrected chi connectivity index (χ3v) is 8.46. The molecule has 3 nitrogen and oxygen atoms in total. The zero-order valence-electron chi connectivity index (χ0n) is 25.6. The SMILES string of the molecule is Cc1ccc(-c2cc(C=N[C@@H](Cc3ccccc3)C(O)(c3ccccc3)c3ccccc3)c(O)c(-c3ccc(C)cc3)c2)cc1. The molecule has 3 heteroatoms. The minimum atomic E-state index is -1.43. The Morgan fingerprint density at radius 1 is 0.600 bits per heavy atom. The van der Waals surface area contributed by atoms with E-state index in [1.54, 1.807) is 6.21 Å². The van der Waals surface area contributed by atoms with E-state index >= 15 is 0 Å². The molecule has 45 heavy (non-hydrogen) atoms. The summed E-state index contributed by atoms with van der Waals surface area (Å²) < 4.78 is 0. The van der Waals surface area contributed by atoms with Gasteiger partial charge in [0.15, 0.2) is 0 Å². The van der Waals surface area contributed by atoms with Crippen LogP contribution in [0.1, 0.15) is 33.4 Å². The largest absolute Gasteiger partial charge is 0.507 e. The molecule has 0 aliphatic heterocycles. The molecular formula is C42H37NO2. The van der Waals surface area contributed by atoms with Crippen molar-refractivity contribution in [2.45, 2.75) is 31.9 Å². The van der Waals surface area contributed by atoms with Crippen molar-refractivity contribution in [1.29, 1.82) is 0 Å². The van der Waals surface area contributed by atoms with Crippen molar-refractivity contribution < 1.29 is 10.2 Å². The number of hydrogen-bond donors (Lipinski definition) is 2.